The molecule has 96 valence electrons. The third-order valence-corrected chi connectivity index (χ3v) is 3.97. The Balaban J connectivity index is 1.99. The molecular formula is C12H12ClNO3S. The van der Waals surface area contributed by atoms with Crippen LogP contribution in [0.5, 0.6) is 0 Å². The van der Waals surface area contributed by atoms with Gasteiger partial charge in [0.2, 0.25) is 5.76 Å². The lowest BCUT2D eigenvalue weighted by Crippen LogP contribution is -2.18. The van der Waals surface area contributed by atoms with Crippen molar-refractivity contribution in [1.29, 1.82) is 0 Å². The molecular weight excluding hydrogens is 274 g/mol. The zero-order valence-corrected chi connectivity index (χ0v) is 11.2. The number of halogens is 1. The lowest BCUT2D eigenvalue weighted by Gasteiger charge is -2.11. The quantitative estimate of drug-likeness (QED) is 0.882. The zero-order valence-electron chi connectivity index (χ0n) is 9.64. The first kappa shape index (κ1) is 13.1. The molecule has 0 aliphatic carbocycles. The van der Waals surface area contributed by atoms with Crippen molar-refractivity contribution in [3.63, 3.8) is 0 Å². The maximum atomic E-state index is 10.9. The van der Waals surface area contributed by atoms with Gasteiger partial charge in [0.1, 0.15) is 0 Å². The standard InChI is InChI=1S/C12H12ClNO3S/c1-7(9-2-3-10(13)18-9)14-6-8-4-5-17-11(8)12(15)16/h2-5,7,14H,6H2,1H3,(H,15,16). The van der Waals surface area contributed by atoms with Crippen LogP contribution in [0.3, 0.4) is 0 Å². The Kier molecular flexibility index (Phi) is 4.06. The predicted molar refractivity (Wildman–Crippen MR) is 70.3 cm³/mol. The van der Waals surface area contributed by atoms with E-state index in [-0.39, 0.29) is 11.8 Å². The van der Waals surface area contributed by atoms with Crippen molar-refractivity contribution in [2.24, 2.45) is 0 Å². The summed E-state index contributed by atoms with van der Waals surface area (Å²) in [5, 5.41) is 12.1. The lowest BCUT2D eigenvalue weighted by molar-refractivity contribution is 0.0660. The molecule has 1 atom stereocenters. The molecule has 2 N–H and O–H groups in total. The largest absolute Gasteiger partial charge is 0.475 e. The van der Waals surface area contributed by atoms with Crippen LogP contribution in [0.15, 0.2) is 28.9 Å². The summed E-state index contributed by atoms with van der Waals surface area (Å²) in [6, 6.07) is 5.57. The van der Waals surface area contributed by atoms with Gasteiger partial charge in [-0.2, -0.15) is 0 Å². The van der Waals surface area contributed by atoms with E-state index >= 15 is 0 Å². The minimum Gasteiger partial charge on any atom is -0.475 e. The Morgan fingerprint density at radius 2 is 2.33 bits per heavy atom. The number of thiophene rings is 1. The first-order chi connectivity index (χ1) is 8.58. The average Bonchev–Trinajstić information content (AvgIpc) is 2.94. The third-order valence-electron chi connectivity index (χ3n) is 2.56. The van der Waals surface area contributed by atoms with Crippen LogP contribution in [0.25, 0.3) is 0 Å². The summed E-state index contributed by atoms with van der Waals surface area (Å²) in [7, 11) is 0. The van der Waals surface area contributed by atoms with E-state index in [4.69, 9.17) is 21.1 Å². The normalized spacial score (nSPS) is 12.6. The minimum atomic E-state index is -1.05. The Morgan fingerprint density at radius 3 is 2.94 bits per heavy atom. The van der Waals surface area contributed by atoms with Gasteiger partial charge in [-0.05, 0) is 25.1 Å². The minimum absolute atomic E-state index is 0.0149. The van der Waals surface area contributed by atoms with Crippen LogP contribution in [0.1, 0.15) is 34.0 Å². The highest BCUT2D eigenvalue weighted by atomic mass is 35.5. The van der Waals surface area contributed by atoms with Crippen LogP contribution in [0, 0.1) is 0 Å². The van der Waals surface area contributed by atoms with Crippen molar-refractivity contribution in [3.05, 3.63) is 45.0 Å². The second-order valence-corrected chi connectivity index (χ2v) is 5.57. The van der Waals surface area contributed by atoms with Gasteiger partial charge in [0, 0.05) is 23.0 Å². The summed E-state index contributed by atoms with van der Waals surface area (Å²) in [5.74, 6) is -1.07. The van der Waals surface area contributed by atoms with Gasteiger partial charge in [-0.15, -0.1) is 11.3 Å². The molecule has 4 nitrogen and oxygen atoms in total. The van der Waals surface area contributed by atoms with E-state index in [1.165, 1.54) is 17.6 Å². The first-order valence-corrected chi connectivity index (χ1v) is 6.55. The number of carboxylic acids is 1. The van der Waals surface area contributed by atoms with E-state index < -0.39 is 5.97 Å². The second kappa shape index (κ2) is 5.56. The number of hydrogen-bond acceptors (Lipinski definition) is 4. The van der Waals surface area contributed by atoms with Crippen molar-refractivity contribution in [3.8, 4) is 0 Å². The summed E-state index contributed by atoms with van der Waals surface area (Å²) in [5.41, 5.74) is 0.636. The summed E-state index contributed by atoms with van der Waals surface area (Å²) < 4.78 is 5.65. The van der Waals surface area contributed by atoms with Gasteiger partial charge in [0.15, 0.2) is 0 Å². The highest BCUT2D eigenvalue weighted by molar-refractivity contribution is 7.16. The molecule has 0 aromatic carbocycles. The molecule has 0 aliphatic heterocycles. The van der Waals surface area contributed by atoms with Crippen molar-refractivity contribution in [1.82, 2.24) is 5.32 Å². The fourth-order valence-corrected chi connectivity index (χ4v) is 2.67. The molecule has 1 unspecified atom stereocenters. The summed E-state index contributed by atoms with van der Waals surface area (Å²) >= 11 is 7.38. The highest BCUT2D eigenvalue weighted by Crippen LogP contribution is 2.26. The topological polar surface area (TPSA) is 62.5 Å². The van der Waals surface area contributed by atoms with E-state index in [0.29, 0.717) is 12.1 Å². The molecule has 2 heterocycles. The first-order valence-electron chi connectivity index (χ1n) is 5.36. The molecule has 2 aromatic rings. The number of carbonyl (C=O) groups is 1. The summed E-state index contributed by atoms with van der Waals surface area (Å²) in [6.45, 7) is 2.44. The van der Waals surface area contributed by atoms with E-state index in [9.17, 15) is 4.79 Å². The number of hydrogen-bond donors (Lipinski definition) is 2. The van der Waals surface area contributed by atoms with E-state index in [1.54, 1.807) is 6.07 Å². The van der Waals surface area contributed by atoms with Crippen LogP contribution in [-0.4, -0.2) is 11.1 Å². The van der Waals surface area contributed by atoms with E-state index in [1.807, 2.05) is 19.1 Å². The fourth-order valence-electron chi connectivity index (χ4n) is 1.59. The monoisotopic (exact) mass is 285 g/mol. The number of rotatable bonds is 5. The summed E-state index contributed by atoms with van der Waals surface area (Å²) in [6.07, 6.45) is 1.38. The number of aromatic carboxylic acids is 1. The number of carboxylic acid groups (broad SMARTS) is 1. The lowest BCUT2D eigenvalue weighted by atomic mass is 10.2. The Morgan fingerprint density at radius 1 is 1.56 bits per heavy atom. The molecule has 18 heavy (non-hydrogen) atoms. The Hall–Kier alpha value is -1.30. The third kappa shape index (κ3) is 2.93. The molecule has 6 heteroatoms. The van der Waals surface area contributed by atoms with Gasteiger partial charge in [-0.1, -0.05) is 11.6 Å². The second-order valence-electron chi connectivity index (χ2n) is 3.82. The highest BCUT2D eigenvalue weighted by Gasteiger charge is 2.15. The average molecular weight is 286 g/mol. The van der Waals surface area contributed by atoms with Gasteiger partial charge in [0.25, 0.3) is 0 Å². The van der Waals surface area contributed by atoms with E-state index in [2.05, 4.69) is 5.32 Å². The van der Waals surface area contributed by atoms with Crippen molar-refractivity contribution in [2.45, 2.75) is 19.5 Å². The van der Waals surface area contributed by atoms with Crippen molar-refractivity contribution in [2.75, 3.05) is 0 Å². The molecule has 0 saturated carbocycles. The Bertz CT molecular complexity index is 549. The fraction of sp³-hybridized carbons (Fsp3) is 0.250. The molecule has 2 rings (SSSR count). The number of nitrogens with one attached hydrogen (secondary N) is 1. The van der Waals surface area contributed by atoms with Gasteiger partial charge in [-0.25, -0.2) is 4.79 Å². The van der Waals surface area contributed by atoms with Crippen LogP contribution in [0.2, 0.25) is 4.34 Å². The molecule has 0 fully saturated rings. The van der Waals surface area contributed by atoms with Gasteiger partial charge < -0.3 is 14.8 Å². The smallest absolute Gasteiger partial charge is 0.372 e. The molecule has 0 bridgehead atoms. The molecule has 0 saturated heterocycles. The number of furan rings is 1. The predicted octanol–water partition coefficient (Wildman–Crippen LogP) is 3.54. The van der Waals surface area contributed by atoms with Crippen LogP contribution < -0.4 is 5.32 Å². The van der Waals surface area contributed by atoms with Crippen LogP contribution in [-0.2, 0) is 6.54 Å². The SMILES string of the molecule is CC(NCc1ccoc1C(=O)O)c1ccc(Cl)s1. The van der Waals surface area contributed by atoms with Crippen molar-refractivity contribution < 1.29 is 14.3 Å². The molecule has 0 amide bonds. The maximum Gasteiger partial charge on any atom is 0.372 e. The Labute approximate surface area is 113 Å². The molecule has 0 aliphatic rings. The molecule has 0 radical (unpaired) electrons. The van der Waals surface area contributed by atoms with Crippen LogP contribution >= 0.6 is 22.9 Å². The molecule has 0 spiro atoms. The maximum absolute atomic E-state index is 10.9. The van der Waals surface area contributed by atoms with Gasteiger partial charge in [-0.3, -0.25) is 0 Å². The van der Waals surface area contributed by atoms with Crippen LogP contribution in [0.4, 0.5) is 0 Å². The van der Waals surface area contributed by atoms with Gasteiger partial charge in [0.05, 0.1) is 10.6 Å². The molecule has 2 aromatic heterocycles. The van der Waals surface area contributed by atoms with E-state index in [0.717, 1.165) is 9.21 Å². The summed E-state index contributed by atoms with van der Waals surface area (Å²) in [4.78, 5) is 12.0. The van der Waals surface area contributed by atoms with Crippen molar-refractivity contribution >= 4 is 28.9 Å². The van der Waals surface area contributed by atoms with Gasteiger partial charge >= 0.3 is 5.97 Å². The zero-order chi connectivity index (χ0) is 13.1.